The Hall–Kier alpha value is -2.79. The minimum absolute atomic E-state index is 0.587. The molecule has 0 bridgehead atoms. The molecule has 162 valence electrons. The molecule has 0 aliphatic heterocycles. The summed E-state index contributed by atoms with van der Waals surface area (Å²) in [5.74, 6) is 1.84. The lowest BCUT2D eigenvalue weighted by atomic mass is 10.1. The van der Waals surface area contributed by atoms with Crippen LogP contribution in [0.3, 0.4) is 0 Å². The van der Waals surface area contributed by atoms with Crippen molar-refractivity contribution in [1.82, 2.24) is 5.32 Å². The van der Waals surface area contributed by atoms with E-state index in [0.29, 0.717) is 19.8 Å². The predicted molar refractivity (Wildman–Crippen MR) is 124 cm³/mol. The molecule has 0 aliphatic carbocycles. The minimum atomic E-state index is 0.587. The van der Waals surface area contributed by atoms with E-state index in [1.54, 1.807) is 7.11 Å². The fraction of sp³-hybridized carbons (Fsp3) is 0.400. The van der Waals surface area contributed by atoms with Gasteiger partial charge in [0.1, 0.15) is 30.9 Å². The number of nitrogens with one attached hydrogen (secondary N) is 1. The number of unbranched alkanes of at least 4 members (excludes halogenated alkanes) is 1. The molecule has 0 saturated heterocycles. The zero-order valence-corrected chi connectivity index (χ0v) is 18.6. The Morgan fingerprint density at radius 3 is 2.43 bits per heavy atom. The molecule has 0 heterocycles. The van der Waals surface area contributed by atoms with Crippen LogP contribution >= 0.6 is 0 Å². The Morgan fingerprint density at radius 2 is 1.77 bits per heavy atom. The molecule has 0 atom stereocenters. The van der Waals surface area contributed by atoms with Gasteiger partial charge in [0, 0.05) is 12.1 Å². The maximum atomic E-state index is 6.04. The van der Waals surface area contributed by atoms with Crippen molar-refractivity contribution in [2.45, 2.75) is 33.6 Å². The van der Waals surface area contributed by atoms with Crippen molar-refractivity contribution >= 4 is 5.71 Å². The molecule has 30 heavy (non-hydrogen) atoms. The van der Waals surface area contributed by atoms with E-state index in [1.807, 2.05) is 61.5 Å². The Balaban J connectivity index is 1.70. The third kappa shape index (κ3) is 7.91. The van der Waals surface area contributed by atoms with Gasteiger partial charge in [-0.1, -0.05) is 47.6 Å². The Labute approximate surface area is 180 Å². The fourth-order valence-corrected chi connectivity index (χ4v) is 3.12. The van der Waals surface area contributed by atoms with Crippen LogP contribution in [0.15, 0.2) is 59.8 Å². The number of ether oxygens (including phenoxy) is 2. The molecule has 0 aromatic heterocycles. The molecule has 2 rings (SSSR count). The predicted octanol–water partition coefficient (Wildman–Crippen LogP) is 5.06. The quantitative estimate of drug-likeness (QED) is 0.217. The fourth-order valence-electron chi connectivity index (χ4n) is 3.12. The van der Waals surface area contributed by atoms with Gasteiger partial charge in [-0.05, 0) is 63.4 Å². The van der Waals surface area contributed by atoms with Gasteiger partial charge in [-0.25, -0.2) is 0 Å². The highest BCUT2D eigenvalue weighted by Gasteiger charge is 2.07. The summed E-state index contributed by atoms with van der Waals surface area (Å²) in [6.45, 7) is 8.96. The number of hydrogen-bond donors (Lipinski definition) is 1. The summed E-state index contributed by atoms with van der Waals surface area (Å²) < 4.78 is 11.8. The summed E-state index contributed by atoms with van der Waals surface area (Å²) >= 11 is 0. The maximum absolute atomic E-state index is 6.04. The lowest BCUT2D eigenvalue weighted by Gasteiger charge is -2.14. The van der Waals surface area contributed by atoms with Crippen LogP contribution in [0.2, 0.25) is 0 Å². The number of nitrogens with zero attached hydrogens (tertiary/aromatic N) is 1. The molecule has 5 heteroatoms. The lowest BCUT2D eigenvalue weighted by Crippen LogP contribution is -2.25. The highest BCUT2D eigenvalue weighted by molar-refractivity contribution is 6.01. The average Bonchev–Trinajstić information content (AvgIpc) is 2.74. The maximum Gasteiger partial charge on any atom is 0.125 e. The average molecular weight is 411 g/mol. The van der Waals surface area contributed by atoms with Crippen molar-refractivity contribution < 1.29 is 14.3 Å². The first kappa shape index (κ1) is 23.5. The molecule has 2 aromatic rings. The van der Waals surface area contributed by atoms with Crippen molar-refractivity contribution in [2.75, 3.05) is 33.4 Å². The summed E-state index contributed by atoms with van der Waals surface area (Å²) in [6, 6.07) is 14.1. The van der Waals surface area contributed by atoms with E-state index in [1.165, 1.54) is 0 Å². The zero-order valence-electron chi connectivity index (χ0n) is 18.6. The third-order valence-electron chi connectivity index (χ3n) is 4.61. The van der Waals surface area contributed by atoms with Gasteiger partial charge in [0.15, 0.2) is 0 Å². The highest BCUT2D eigenvalue weighted by atomic mass is 16.6. The molecule has 0 unspecified atom stereocenters. The number of hydrogen-bond acceptors (Lipinski definition) is 5. The topological polar surface area (TPSA) is 52.1 Å². The molecule has 0 amide bonds. The molecular formula is C25H34N2O3. The lowest BCUT2D eigenvalue weighted by molar-refractivity contribution is 0.213. The molecular weight excluding hydrogens is 376 g/mol. The second-order valence-corrected chi connectivity index (χ2v) is 7.09. The van der Waals surface area contributed by atoms with Gasteiger partial charge in [-0.15, -0.1) is 0 Å². The number of allylic oxidation sites excluding steroid dienone is 1. The monoisotopic (exact) mass is 410 g/mol. The molecule has 0 spiro atoms. The molecule has 1 N–H and O–H groups in total. The van der Waals surface area contributed by atoms with Crippen LogP contribution in [-0.2, 0) is 4.84 Å². The van der Waals surface area contributed by atoms with Crippen LogP contribution in [0.4, 0.5) is 0 Å². The van der Waals surface area contributed by atoms with Crippen molar-refractivity contribution in [3.05, 3.63) is 71.3 Å². The number of oxime groups is 1. The van der Waals surface area contributed by atoms with Crippen molar-refractivity contribution in [1.29, 1.82) is 0 Å². The molecule has 0 saturated carbocycles. The molecule has 0 fully saturated rings. The van der Waals surface area contributed by atoms with Crippen LogP contribution in [0.25, 0.3) is 0 Å². The SMILES string of the molecule is C/C=C/COc1cc(C)c(OCCCCNC/C(=N/OC)c2ccccc2)c(C)c1. The largest absolute Gasteiger partial charge is 0.493 e. The van der Waals surface area contributed by atoms with Gasteiger partial charge in [0.05, 0.1) is 6.61 Å². The first-order valence-corrected chi connectivity index (χ1v) is 10.5. The standard InChI is InChI=1S/C25H34N2O3/c1-5-6-15-29-23-17-20(2)25(21(3)18-23)30-16-11-10-14-26-19-24(27-28-4)22-12-8-7-9-13-22/h5-9,12-13,17-18,26H,10-11,14-16,19H2,1-4H3/b6-5+,27-24-. The van der Waals surface area contributed by atoms with Crippen molar-refractivity contribution in [3.8, 4) is 11.5 Å². The van der Waals surface area contributed by atoms with E-state index in [-0.39, 0.29) is 0 Å². The van der Waals surface area contributed by atoms with E-state index in [2.05, 4.69) is 24.3 Å². The van der Waals surface area contributed by atoms with Crippen LogP contribution in [-0.4, -0.2) is 39.1 Å². The normalized spacial score (nSPS) is 11.7. The van der Waals surface area contributed by atoms with Crippen LogP contribution < -0.4 is 14.8 Å². The van der Waals surface area contributed by atoms with E-state index in [4.69, 9.17) is 14.3 Å². The highest BCUT2D eigenvalue weighted by Crippen LogP contribution is 2.28. The van der Waals surface area contributed by atoms with E-state index < -0.39 is 0 Å². The van der Waals surface area contributed by atoms with Gasteiger partial charge in [0.25, 0.3) is 0 Å². The minimum Gasteiger partial charge on any atom is -0.493 e. The first-order chi connectivity index (χ1) is 14.7. The van der Waals surface area contributed by atoms with E-state index >= 15 is 0 Å². The molecule has 5 nitrogen and oxygen atoms in total. The summed E-state index contributed by atoms with van der Waals surface area (Å²) in [4.78, 5) is 4.98. The van der Waals surface area contributed by atoms with Gasteiger partial charge in [-0.3, -0.25) is 0 Å². The van der Waals surface area contributed by atoms with Crippen LogP contribution in [0.1, 0.15) is 36.5 Å². The smallest absolute Gasteiger partial charge is 0.125 e. The molecule has 2 aromatic carbocycles. The summed E-state index contributed by atoms with van der Waals surface area (Å²) in [7, 11) is 1.57. The van der Waals surface area contributed by atoms with Crippen molar-refractivity contribution in [3.63, 3.8) is 0 Å². The van der Waals surface area contributed by atoms with Gasteiger partial charge in [0.2, 0.25) is 0 Å². The van der Waals surface area contributed by atoms with E-state index in [0.717, 1.165) is 53.3 Å². The number of aryl methyl sites for hydroxylation is 2. The molecule has 0 radical (unpaired) electrons. The van der Waals surface area contributed by atoms with E-state index in [9.17, 15) is 0 Å². The Kier molecular flexibility index (Phi) is 10.5. The second kappa shape index (κ2) is 13.4. The first-order valence-electron chi connectivity index (χ1n) is 10.5. The van der Waals surface area contributed by atoms with Crippen LogP contribution in [0, 0.1) is 13.8 Å². The van der Waals surface area contributed by atoms with Crippen molar-refractivity contribution in [2.24, 2.45) is 5.16 Å². The third-order valence-corrected chi connectivity index (χ3v) is 4.61. The summed E-state index contributed by atoms with van der Waals surface area (Å²) in [5.41, 5.74) is 4.18. The number of rotatable bonds is 13. The van der Waals surface area contributed by atoms with Gasteiger partial charge >= 0.3 is 0 Å². The summed E-state index contributed by atoms with van der Waals surface area (Å²) in [6.07, 6.45) is 5.98. The Morgan fingerprint density at radius 1 is 1.03 bits per heavy atom. The second-order valence-electron chi connectivity index (χ2n) is 7.09. The Bertz CT molecular complexity index is 793. The number of benzene rings is 2. The van der Waals surface area contributed by atoms with Crippen LogP contribution in [0.5, 0.6) is 11.5 Å². The summed E-state index contributed by atoms with van der Waals surface area (Å²) in [5, 5.41) is 7.57. The van der Waals surface area contributed by atoms with Gasteiger partial charge in [-0.2, -0.15) is 0 Å². The van der Waals surface area contributed by atoms with Gasteiger partial charge < -0.3 is 19.6 Å². The molecule has 0 aliphatic rings. The zero-order chi connectivity index (χ0) is 21.6.